The van der Waals surface area contributed by atoms with Gasteiger partial charge in [-0.3, -0.25) is 0 Å². The highest BCUT2D eigenvalue weighted by molar-refractivity contribution is 7.81. The standard InChI is InChI=1S/C7H15O3PS/c1-3-7(12,4-2)5-6-10-11(8)9/h3-6H2,1-2H3,(H-,8,9,12)/p+1. The first-order valence-electron chi connectivity index (χ1n) is 4.05. The molecule has 0 bridgehead atoms. The van der Waals surface area contributed by atoms with Gasteiger partial charge in [0, 0.05) is 9.31 Å². The van der Waals surface area contributed by atoms with Crippen LogP contribution in [-0.2, 0) is 9.09 Å². The molecule has 1 N–H and O–H groups in total. The van der Waals surface area contributed by atoms with Crippen molar-refractivity contribution < 1.29 is 14.0 Å². The fraction of sp³-hybridized carbons (Fsp3) is 1.00. The molecule has 0 aliphatic rings. The minimum Gasteiger partial charge on any atom is -0.172 e. The average molecular weight is 211 g/mol. The van der Waals surface area contributed by atoms with Crippen molar-refractivity contribution in [1.29, 1.82) is 0 Å². The Morgan fingerprint density at radius 2 is 2.00 bits per heavy atom. The Morgan fingerprint density at radius 3 is 2.33 bits per heavy atom. The maximum Gasteiger partial charge on any atom is 0.694 e. The second-order valence-corrected chi connectivity index (χ2v) is 4.44. The van der Waals surface area contributed by atoms with E-state index in [-0.39, 0.29) is 4.75 Å². The molecule has 3 nitrogen and oxygen atoms in total. The predicted molar refractivity (Wildman–Crippen MR) is 52.7 cm³/mol. The lowest BCUT2D eigenvalue weighted by atomic mass is 9.99. The topological polar surface area (TPSA) is 46.5 Å². The van der Waals surface area contributed by atoms with Crippen molar-refractivity contribution >= 4 is 20.9 Å². The quantitative estimate of drug-likeness (QED) is 0.524. The van der Waals surface area contributed by atoms with Gasteiger partial charge >= 0.3 is 8.25 Å². The summed E-state index contributed by atoms with van der Waals surface area (Å²) in [6.45, 7) is 4.40. The fourth-order valence-electron chi connectivity index (χ4n) is 0.917. The van der Waals surface area contributed by atoms with Gasteiger partial charge in [-0.1, -0.05) is 13.8 Å². The Bertz CT molecular complexity index is 148. The molecule has 1 unspecified atom stereocenters. The Hall–Kier alpha value is 0.370. The lowest BCUT2D eigenvalue weighted by molar-refractivity contribution is 0.260. The van der Waals surface area contributed by atoms with Gasteiger partial charge in [-0.05, 0) is 19.3 Å². The van der Waals surface area contributed by atoms with Crippen molar-refractivity contribution in [2.24, 2.45) is 0 Å². The number of hydrogen-bond acceptors (Lipinski definition) is 3. The number of rotatable bonds is 6. The molecule has 0 aromatic heterocycles. The summed E-state index contributed by atoms with van der Waals surface area (Å²) < 4.78 is 14.7. The van der Waals surface area contributed by atoms with Crippen LogP contribution in [0.15, 0.2) is 0 Å². The van der Waals surface area contributed by atoms with E-state index in [9.17, 15) is 4.57 Å². The van der Waals surface area contributed by atoms with Crippen molar-refractivity contribution in [3.63, 3.8) is 0 Å². The molecule has 0 fully saturated rings. The molecule has 5 heteroatoms. The van der Waals surface area contributed by atoms with E-state index in [0.29, 0.717) is 13.0 Å². The molecule has 0 saturated heterocycles. The molecule has 0 aliphatic carbocycles. The van der Waals surface area contributed by atoms with Crippen LogP contribution < -0.4 is 0 Å². The maximum absolute atomic E-state index is 10.2. The molecule has 0 heterocycles. The molecule has 0 aliphatic heterocycles. The second kappa shape index (κ2) is 5.92. The van der Waals surface area contributed by atoms with Crippen LogP contribution in [0.2, 0.25) is 0 Å². The van der Waals surface area contributed by atoms with Crippen molar-refractivity contribution in [3.05, 3.63) is 0 Å². The van der Waals surface area contributed by atoms with E-state index in [1.807, 2.05) is 0 Å². The van der Waals surface area contributed by atoms with Crippen LogP contribution in [0.5, 0.6) is 0 Å². The van der Waals surface area contributed by atoms with Crippen LogP contribution in [0.25, 0.3) is 0 Å². The number of hydrogen-bond donors (Lipinski definition) is 2. The third-order valence-corrected chi connectivity index (χ3v) is 3.34. The predicted octanol–water partition coefficient (Wildman–Crippen LogP) is 2.53. The van der Waals surface area contributed by atoms with Crippen LogP contribution in [-0.4, -0.2) is 16.2 Å². The largest absolute Gasteiger partial charge is 0.694 e. The van der Waals surface area contributed by atoms with E-state index in [1.165, 1.54) is 0 Å². The van der Waals surface area contributed by atoms with E-state index in [0.717, 1.165) is 12.8 Å². The van der Waals surface area contributed by atoms with Crippen LogP contribution in [0.3, 0.4) is 0 Å². The third kappa shape index (κ3) is 5.09. The molecule has 0 amide bonds. The minimum atomic E-state index is -2.45. The molecule has 0 rings (SSSR count). The maximum atomic E-state index is 10.2. The lowest BCUT2D eigenvalue weighted by Crippen LogP contribution is -2.20. The normalized spacial score (nSPS) is 13.2. The van der Waals surface area contributed by atoms with E-state index >= 15 is 0 Å². The number of thiol groups is 1. The first-order chi connectivity index (χ1) is 5.54. The van der Waals surface area contributed by atoms with Crippen molar-refractivity contribution in [1.82, 2.24) is 0 Å². The molecular formula is C7H16O3PS+. The average Bonchev–Trinajstić information content (AvgIpc) is 2.03. The summed E-state index contributed by atoms with van der Waals surface area (Å²) in [4.78, 5) is 8.36. The molecule has 0 radical (unpaired) electrons. The molecule has 1 atom stereocenters. The summed E-state index contributed by atoms with van der Waals surface area (Å²) in [5.41, 5.74) is 0. The zero-order valence-corrected chi connectivity index (χ0v) is 9.28. The highest BCUT2D eigenvalue weighted by Gasteiger charge is 2.23. The van der Waals surface area contributed by atoms with E-state index in [1.54, 1.807) is 0 Å². The van der Waals surface area contributed by atoms with Crippen molar-refractivity contribution in [2.75, 3.05) is 6.61 Å². The first kappa shape index (κ1) is 12.4. The molecular weight excluding hydrogens is 195 g/mol. The summed E-state index contributed by atoms with van der Waals surface area (Å²) in [6.07, 6.45) is 2.60. The molecule has 0 spiro atoms. The first-order valence-corrected chi connectivity index (χ1v) is 5.63. The van der Waals surface area contributed by atoms with Gasteiger partial charge in [0.2, 0.25) is 0 Å². The van der Waals surface area contributed by atoms with E-state index in [4.69, 9.17) is 4.89 Å². The molecule has 12 heavy (non-hydrogen) atoms. The van der Waals surface area contributed by atoms with Gasteiger partial charge in [0.1, 0.15) is 6.61 Å². The monoisotopic (exact) mass is 211 g/mol. The fourth-order valence-corrected chi connectivity index (χ4v) is 1.26. The van der Waals surface area contributed by atoms with Crippen LogP contribution in [0, 0.1) is 0 Å². The Balaban J connectivity index is 3.65. The Labute approximate surface area is 79.9 Å². The summed E-state index contributed by atoms with van der Waals surface area (Å²) in [5.74, 6) is 0. The van der Waals surface area contributed by atoms with Gasteiger partial charge < -0.3 is 0 Å². The third-order valence-electron chi connectivity index (χ3n) is 2.09. The zero-order valence-electron chi connectivity index (χ0n) is 7.49. The zero-order chi connectivity index (χ0) is 9.61. The second-order valence-electron chi connectivity index (χ2n) is 2.75. The summed E-state index contributed by atoms with van der Waals surface area (Å²) in [7, 11) is -2.45. The molecule has 0 saturated carbocycles. The van der Waals surface area contributed by atoms with E-state index in [2.05, 4.69) is 31.0 Å². The van der Waals surface area contributed by atoms with Crippen LogP contribution >= 0.6 is 20.9 Å². The minimum absolute atomic E-state index is 0.0503. The highest BCUT2D eigenvalue weighted by Crippen LogP contribution is 2.28. The van der Waals surface area contributed by atoms with Gasteiger partial charge in [-0.2, -0.15) is 12.6 Å². The molecule has 72 valence electrons. The van der Waals surface area contributed by atoms with Gasteiger partial charge in [-0.25, -0.2) is 0 Å². The molecule has 0 aromatic carbocycles. The van der Waals surface area contributed by atoms with Crippen LogP contribution in [0.4, 0.5) is 0 Å². The smallest absolute Gasteiger partial charge is 0.172 e. The Morgan fingerprint density at radius 1 is 1.50 bits per heavy atom. The van der Waals surface area contributed by atoms with E-state index < -0.39 is 8.25 Å². The van der Waals surface area contributed by atoms with Gasteiger partial charge in [0.25, 0.3) is 0 Å². The van der Waals surface area contributed by atoms with Crippen molar-refractivity contribution in [2.45, 2.75) is 37.9 Å². The van der Waals surface area contributed by atoms with Crippen molar-refractivity contribution in [3.8, 4) is 0 Å². The summed E-state index contributed by atoms with van der Waals surface area (Å²) in [5, 5.41) is 0. The SMILES string of the molecule is CCC(S)(CC)CCO[P+](=O)O. The summed E-state index contributed by atoms with van der Waals surface area (Å²) >= 11 is 4.46. The van der Waals surface area contributed by atoms with Gasteiger partial charge in [0.15, 0.2) is 0 Å². The lowest BCUT2D eigenvalue weighted by Gasteiger charge is -2.23. The highest BCUT2D eigenvalue weighted by atomic mass is 32.1. The van der Waals surface area contributed by atoms with Gasteiger partial charge in [0.05, 0.1) is 0 Å². The van der Waals surface area contributed by atoms with Gasteiger partial charge in [-0.15, -0.1) is 9.42 Å². The summed E-state index contributed by atoms with van der Waals surface area (Å²) in [6, 6.07) is 0. The molecule has 0 aromatic rings. The Kier molecular flexibility index (Phi) is 6.10. The van der Waals surface area contributed by atoms with Crippen LogP contribution in [0.1, 0.15) is 33.1 Å².